The molecule has 0 saturated heterocycles. The molecule has 1 aromatic heterocycles. The molecular formula is C18H26FN5OS. The zero-order chi connectivity index (χ0) is 18.6. The Kier molecular flexibility index (Phi) is 8.95. The van der Waals surface area contributed by atoms with Gasteiger partial charge < -0.3 is 15.2 Å². The van der Waals surface area contributed by atoms with Crippen molar-refractivity contribution in [3.63, 3.8) is 0 Å². The van der Waals surface area contributed by atoms with Crippen molar-refractivity contribution in [2.24, 2.45) is 4.99 Å². The molecule has 1 heterocycles. The second kappa shape index (κ2) is 11.5. The van der Waals surface area contributed by atoms with E-state index >= 15 is 0 Å². The Morgan fingerprint density at radius 2 is 2.04 bits per heavy atom. The van der Waals surface area contributed by atoms with Gasteiger partial charge in [-0.15, -0.1) is 11.8 Å². The van der Waals surface area contributed by atoms with Gasteiger partial charge in [0.05, 0.1) is 0 Å². The molecule has 0 aliphatic carbocycles. The second-order valence-corrected chi connectivity index (χ2v) is 6.85. The highest BCUT2D eigenvalue weighted by Gasteiger charge is 2.03. The summed E-state index contributed by atoms with van der Waals surface area (Å²) < 4.78 is 18.0. The number of guanidine groups is 1. The Hall–Kier alpha value is -2.09. The molecule has 0 atom stereocenters. The number of hydrogen-bond donors (Lipinski definition) is 2. The van der Waals surface area contributed by atoms with Crippen molar-refractivity contribution in [3.05, 3.63) is 41.8 Å². The van der Waals surface area contributed by atoms with Crippen molar-refractivity contribution in [1.29, 1.82) is 0 Å². The summed E-state index contributed by atoms with van der Waals surface area (Å²) in [4.78, 5) is 9.85. The maximum atomic E-state index is 12.9. The van der Waals surface area contributed by atoms with Gasteiger partial charge in [0.2, 0.25) is 5.89 Å². The van der Waals surface area contributed by atoms with Gasteiger partial charge in [-0.3, -0.25) is 4.99 Å². The van der Waals surface area contributed by atoms with Crippen LogP contribution in [0.3, 0.4) is 0 Å². The van der Waals surface area contributed by atoms with E-state index in [0.29, 0.717) is 11.7 Å². The molecular weight excluding hydrogens is 353 g/mol. The van der Waals surface area contributed by atoms with Gasteiger partial charge in [0.25, 0.3) is 0 Å². The lowest BCUT2D eigenvalue weighted by atomic mass is 10.3. The maximum Gasteiger partial charge on any atom is 0.226 e. The number of rotatable bonds is 10. The molecule has 142 valence electrons. The van der Waals surface area contributed by atoms with Crippen LogP contribution < -0.4 is 10.6 Å². The van der Waals surface area contributed by atoms with Crippen molar-refractivity contribution >= 4 is 17.7 Å². The summed E-state index contributed by atoms with van der Waals surface area (Å²) >= 11 is 1.72. The molecule has 8 heteroatoms. The molecule has 1 aromatic carbocycles. The maximum absolute atomic E-state index is 12.9. The zero-order valence-electron chi connectivity index (χ0n) is 15.3. The highest BCUT2D eigenvalue weighted by molar-refractivity contribution is 7.99. The fourth-order valence-electron chi connectivity index (χ4n) is 2.21. The first kappa shape index (κ1) is 20.2. The minimum Gasteiger partial charge on any atom is -0.357 e. The predicted molar refractivity (Wildman–Crippen MR) is 103 cm³/mol. The summed E-state index contributed by atoms with van der Waals surface area (Å²) in [7, 11) is 0. The Morgan fingerprint density at radius 1 is 1.23 bits per heavy atom. The summed E-state index contributed by atoms with van der Waals surface area (Å²) in [6.07, 6.45) is 2.61. The Labute approximate surface area is 158 Å². The molecule has 0 radical (unpaired) electrons. The lowest BCUT2D eigenvalue weighted by molar-refractivity contribution is 0.372. The van der Waals surface area contributed by atoms with E-state index < -0.39 is 0 Å². The minimum atomic E-state index is -0.200. The topological polar surface area (TPSA) is 75.3 Å². The highest BCUT2D eigenvalue weighted by Crippen LogP contribution is 2.18. The average Bonchev–Trinajstić information content (AvgIpc) is 3.05. The first-order valence-electron chi connectivity index (χ1n) is 8.87. The quantitative estimate of drug-likeness (QED) is 0.286. The van der Waals surface area contributed by atoms with Crippen LogP contribution in [-0.2, 0) is 6.42 Å². The van der Waals surface area contributed by atoms with Crippen LogP contribution in [-0.4, -0.2) is 41.5 Å². The van der Waals surface area contributed by atoms with Crippen molar-refractivity contribution in [1.82, 2.24) is 20.8 Å². The van der Waals surface area contributed by atoms with Gasteiger partial charge in [0.15, 0.2) is 11.8 Å². The van der Waals surface area contributed by atoms with E-state index in [1.165, 1.54) is 12.1 Å². The van der Waals surface area contributed by atoms with Crippen molar-refractivity contribution in [3.8, 4) is 0 Å². The SMILES string of the molecule is CCNC(=NCCCSc1ccc(F)cc1)NCCCc1nc(C)no1. The third-order valence-corrected chi connectivity index (χ3v) is 4.53. The van der Waals surface area contributed by atoms with Crippen molar-refractivity contribution in [2.45, 2.75) is 38.0 Å². The summed E-state index contributed by atoms with van der Waals surface area (Å²) in [5.41, 5.74) is 0. The van der Waals surface area contributed by atoms with Gasteiger partial charge in [-0.2, -0.15) is 4.98 Å². The highest BCUT2D eigenvalue weighted by atomic mass is 32.2. The fraction of sp³-hybridized carbons (Fsp3) is 0.500. The number of hydrogen-bond acceptors (Lipinski definition) is 5. The molecule has 0 amide bonds. The number of thioether (sulfide) groups is 1. The number of halogens is 1. The summed E-state index contributed by atoms with van der Waals surface area (Å²) in [5, 5.41) is 10.3. The fourth-order valence-corrected chi connectivity index (χ4v) is 3.04. The monoisotopic (exact) mass is 379 g/mol. The molecule has 0 aliphatic rings. The van der Waals surface area contributed by atoms with Crippen LogP contribution in [0.4, 0.5) is 4.39 Å². The number of nitrogens with zero attached hydrogens (tertiary/aromatic N) is 3. The van der Waals surface area contributed by atoms with Crippen LogP contribution in [0.2, 0.25) is 0 Å². The minimum absolute atomic E-state index is 0.200. The molecule has 6 nitrogen and oxygen atoms in total. The first-order valence-corrected chi connectivity index (χ1v) is 9.85. The zero-order valence-corrected chi connectivity index (χ0v) is 16.1. The molecule has 2 N–H and O–H groups in total. The van der Waals surface area contributed by atoms with Crippen LogP contribution in [0.1, 0.15) is 31.5 Å². The predicted octanol–water partition coefficient (Wildman–Crippen LogP) is 3.19. The molecule has 0 unspecified atom stereocenters. The van der Waals surface area contributed by atoms with E-state index in [1.807, 2.05) is 13.8 Å². The standard InChI is InChI=1S/C18H26FN5OS/c1-3-20-18(21-11-4-6-17-23-14(2)24-25-17)22-12-5-13-26-16-9-7-15(19)8-10-16/h7-10H,3-6,11-13H2,1-2H3,(H2,20,21,22). The lowest BCUT2D eigenvalue weighted by Crippen LogP contribution is -2.38. The third-order valence-electron chi connectivity index (χ3n) is 3.43. The van der Waals surface area contributed by atoms with E-state index in [9.17, 15) is 4.39 Å². The summed E-state index contributed by atoms with van der Waals surface area (Å²) in [6, 6.07) is 6.59. The number of aliphatic imine (C=N–C) groups is 1. The van der Waals surface area contributed by atoms with Gasteiger partial charge in [0, 0.05) is 31.0 Å². The molecule has 2 aromatic rings. The van der Waals surface area contributed by atoms with E-state index in [-0.39, 0.29) is 5.82 Å². The largest absolute Gasteiger partial charge is 0.357 e. The Morgan fingerprint density at radius 3 is 2.73 bits per heavy atom. The van der Waals surface area contributed by atoms with Crippen LogP contribution >= 0.6 is 11.8 Å². The summed E-state index contributed by atoms with van der Waals surface area (Å²) in [6.45, 7) is 6.21. The molecule has 0 saturated carbocycles. The van der Waals surface area contributed by atoms with Crippen LogP contribution in [0, 0.1) is 12.7 Å². The van der Waals surface area contributed by atoms with Crippen LogP contribution in [0.15, 0.2) is 38.7 Å². The third kappa shape index (κ3) is 7.86. The first-order chi connectivity index (χ1) is 12.7. The van der Waals surface area contributed by atoms with Gasteiger partial charge in [-0.05, 0) is 56.7 Å². The van der Waals surface area contributed by atoms with Gasteiger partial charge in [-0.1, -0.05) is 5.16 Å². The number of aromatic nitrogens is 2. The average molecular weight is 380 g/mol. The molecule has 2 rings (SSSR count). The van der Waals surface area contributed by atoms with E-state index in [2.05, 4.69) is 25.8 Å². The lowest BCUT2D eigenvalue weighted by Gasteiger charge is -2.10. The van der Waals surface area contributed by atoms with Crippen molar-refractivity contribution < 1.29 is 8.91 Å². The molecule has 26 heavy (non-hydrogen) atoms. The molecule has 0 aliphatic heterocycles. The van der Waals surface area contributed by atoms with Gasteiger partial charge >= 0.3 is 0 Å². The van der Waals surface area contributed by atoms with E-state index in [4.69, 9.17) is 4.52 Å². The summed E-state index contributed by atoms with van der Waals surface area (Å²) in [5.74, 6) is 2.91. The van der Waals surface area contributed by atoms with Crippen LogP contribution in [0.25, 0.3) is 0 Å². The Bertz CT molecular complexity index is 674. The molecule has 0 spiro atoms. The number of nitrogens with one attached hydrogen (secondary N) is 2. The second-order valence-electron chi connectivity index (χ2n) is 5.68. The molecule has 0 fully saturated rings. The van der Waals surface area contributed by atoms with E-state index in [1.54, 1.807) is 23.9 Å². The Balaban J connectivity index is 1.62. The van der Waals surface area contributed by atoms with Gasteiger partial charge in [-0.25, -0.2) is 4.39 Å². The number of aryl methyl sites for hydroxylation is 2. The van der Waals surface area contributed by atoms with E-state index in [0.717, 1.165) is 55.5 Å². The molecule has 0 bridgehead atoms. The number of benzene rings is 1. The smallest absolute Gasteiger partial charge is 0.226 e. The van der Waals surface area contributed by atoms with Crippen molar-refractivity contribution in [2.75, 3.05) is 25.4 Å². The van der Waals surface area contributed by atoms with Gasteiger partial charge in [0.1, 0.15) is 5.82 Å². The normalized spacial score (nSPS) is 11.6. The van der Waals surface area contributed by atoms with Crippen LogP contribution in [0.5, 0.6) is 0 Å².